The van der Waals surface area contributed by atoms with Gasteiger partial charge in [-0.15, -0.1) is 0 Å². The van der Waals surface area contributed by atoms with Gasteiger partial charge in [0.2, 0.25) is 0 Å². The SMILES string of the molecule is CC(C)Cc1nn(C)c(=O)c2c1S(=C=O)C(Cc1c[nH]c3ncccc13)=C2. The summed E-state index contributed by atoms with van der Waals surface area (Å²) in [6.45, 7) is 4.20. The molecular formula is C20H20N4O2S. The van der Waals surface area contributed by atoms with Crippen LogP contribution in [-0.4, -0.2) is 25.0 Å². The van der Waals surface area contributed by atoms with Crippen LogP contribution in [0.2, 0.25) is 0 Å². The molecule has 1 atom stereocenters. The van der Waals surface area contributed by atoms with Crippen LogP contribution in [0.1, 0.15) is 30.7 Å². The summed E-state index contributed by atoms with van der Waals surface area (Å²) in [6, 6.07) is 3.90. The van der Waals surface area contributed by atoms with E-state index in [-0.39, 0.29) is 5.56 Å². The Hall–Kier alpha value is -2.76. The van der Waals surface area contributed by atoms with Crippen molar-refractivity contribution >= 4 is 32.8 Å². The van der Waals surface area contributed by atoms with E-state index in [0.717, 1.165) is 38.5 Å². The highest BCUT2D eigenvalue weighted by Crippen LogP contribution is 2.46. The van der Waals surface area contributed by atoms with Crippen LogP contribution in [0.15, 0.2) is 39.1 Å². The van der Waals surface area contributed by atoms with Gasteiger partial charge in [0.05, 0.1) is 16.2 Å². The molecule has 7 heteroatoms. The fourth-order valence-corrected chi connectivity index (χ4v) is 5.20. The molecule has 1 aliphatic heterocycles. The van der Waals surface area contributed by atoms with Gasteiger partial charge in [-0.2, -0.15) is 5.10 Å². The fourth-order valence-electron chi connectivity index (χ4n) is 3.49. The minimum Gasteiger partial charge on any atom is -0.346 e. The Labute approximate surface area is 158 Å². The molecule has 138 valence electrons. The summed E-state index contributed by atoms with van der Waals surface area (Å²) in [7, 11) is 0.783. The summed E-state index contributed by atoms with van der Waals surface area (Å²) in [6.07, 6.45) is 6.82. The average Bonchev–Trinajstić information content (AvgIpc) is 3.21. The summed E-state index contributed by atoms with van der Waals surface area (Å²) in [5.41, 5.74) is 3.11. The maximum absolute atomic E-state index is 12.6. The second kappa shape index (κ2) is 6.76. The number of carbonyl (C=O) groups excluding carboxylic acids is 1. The van der Waals surface area contributed by atoms with E-state index in [1.807, 2.05) is 24.4 Å². The zero-order valence-electron chi connectivity index (χ0n) is 15.4. The molecule has 0 radical (unpaired) electrons. The molecule has 0 saturated carbocycles. The van der Waals surface area contributed by atoms with E-state index in [2.05, 4.69) is 34.1 Å². The normalized spacial score (nSPS) is 15.9. The van der Waals surface area contributed by atoms with Crippen molar-refractivity contribution in [2.75, 3.05) is 0 Å². The number of aromatic amines is 1. The van der Waals surface area contributed by atoms with Gasteiger partial charge in [-0.1, -0.05) is 13.8 Å². The Morgan fingerprint density at radius 2 is 2.19 bits per heavy atom. The third-order valence-electron chi connectivity index (χ3n) is 4.66. The lowest BCUT2D eigenvalue weighted by Gasteiger charge is -2.12. The third kappa shape index (κ3) is 2.99. The van der Waals surface area contributed by atoms with E-state index in [1.54, 1.807) is 13.2 Å². The molecule has 3 aromatic heterocycles. The number of nitrogens with one attached hydrogen (secondary N) is 1. The highest BCUT2D eigenvalue weighted by Gasteiger charge is 2.27. The van der Waals surface area contributed by atoms with E-state index in [0.29, 0.717) is 17.9 Å². The van der Waals surface area contributed by atoms with Gasteiger partial charge in [0, 0.05) is 31.2 Å². The van der Waals surface area contributed by atoms with Crippen LogP contribution in [0.3, 0.4) is 0 Å². The Kier molecular flexibility index (Phi) is 4.42. The van der Waals surface area contributed by atoms with Gasteiger partial charge in [0.15, 0.2) is 5.23 Å². The van der Waals surface area contributed by atoms with E-state index < -0.39 is 10.5 Å². The van der Waals surface area contributed by atoms with Crippen molar-refractivity contribution in [1.82, 2.24) is 19.7 Å². The molecule has 0 saturated heterocycles. The van der Waals surface area contributed by atoms with Gasteiger partial charge in [-0.3, -0.25) is 4.79 Å². The third-order valence-corrected chi connectivity index (χ3v) is 6.48. The first-order valence-electron chi connectivity index (χ1n) is 8.83. The molecule has 0 fully saturated rings. The number of aryl methyl sites for hydroxylation is 1. The molecule has 1 unspecified atom stereocenters. The van der Waals surface area contributed by atoms with Crippen molar-refractivity contribution in [3.8, 4) is 0 Å². The standard InChI is InChI=1S/C20H20N4O2S/c1-12(2)7-17-18-16(20(26)24(3)23-17)9-14(27(18)11-25)8-13-10-22-19-15(13)5-4-6-21-19/h4-6,9-10,12H,7-8H2,1-3H3,(H,21,22). The van der Waals surface area contributed by atoms with E-state index in [1.165, 1.54) is 4.68 Å². The molecular weight excluding hydrogens is 360 g/mol. The Morgan fingerprint density at radius 1 is 1.37 bits per heavy atom. The fraction of sp³-hybridized carbons (Fsp3) is 0.300. The maximum atomic E-state index is 12.6. The number of allylic oxidation sites excluding steroid dienone is 1. The van der Waals surface area contributed by atoms with Gasteiger partial charge in [0.25, 0.3) is 5.56 Å². The summed E-state index contributed by atoms with van der Waals surface area (Å²) in [5.74, 6) is 0.375. The first kappa shape index (κ1) is 17.6. The molecule has 4 heterocycles. The molecule has 3 aromatic rings. The van der Waals surface area contributed by atoms with Gasteiger partial charge in [-0.05, 0) is 51.5 Å². The molecule has 1 aliphatic rings. The van der Waals surface area contributed by atoms with Gasteiger partial charge in [0.1, 0.15) is 5.65 Å². The Balaban J connectivity index is 1.83. The molecule has 0 aromatic carbocycles. The lowest BCUT2D eigenvalue weighted by atomic mass is 10.1. The van der Waals surface area contributed by atoms with Gasteiger partial charge in [-0.25, -0.2) is 14.5 Å². The Bertz CT molecular complexity index is 1200. The summed E-state index contributed by atoms with van der Waals surface area (Å²) in [5, 5.41) is 7.66. The van der Waals surface area contributed by atoms with Crippen molar-refractivity contribution in [1.29, 1.82) is 0 Å². The minimum atomic E-state index is -0.876. The number of hydrogen-bond donors (Lipinski definition) is 1. The number of aromatic nitrogens is 4. The van der Waals surface area contributed by atoms with Crippen LogP contribution in [0.25, 0.3) is 17.1 Å². The van der Waals surface area contributed by atoms with Gasteiger partial charge < -0.3 is 4.98 Å². The molecule has 0 aliphatic carbocycles. The van der Waals surface area contributed by atoms with Crippen LogP contribution in [0, 0.1) is 5.92 Å². The van der Waals surface area contributed by atoms with Crippen molar-refractivity contribution in [3.63, 3.8) is 0 Å². The molecule has 0 bridgehead atoms. The highest BCUT2D eigenvalue weighted by atomic mass is 32.2. The van der Waals surface area contributed by atoms with Crippen LogP contribution in [0.5, 0.6) is 0 Å². The molecule has 0 amide bonds. The predicted molar refractivity (Wildman–Crippen MR) is 107 cm³/mol. The Morgan fingerprint density at radius 3 is 2.93 bits per heavy atom. The monoisotopic (exact) mass is 380 g/mol. The van der Waals surface area contributed by atoms with Crippen LogP contribution < -0.4 is 5.56 Å². The van der Waals surface area contributed by atoms with Crippen molar-refractivity contribution in [3.05, 3.63) is 56.6 Å². The summed E-state index contributed by atoms with van der Waals surface area (Å²) >= 11 is 0. The maximum Gasteiger partial charge on any atom is 0.274 e. The molecule has 4 rings (SSSR count). The van der Waals surface area contributed by atoms with Crippen LogP contribution >= 0.6 is 10.5 Å². The topological polar surface area (TPSA) is 80.6 Å². The lowest BCUT2D eigenvalue weighted by Crippen LogP contribution is -2.24. The van der Waals surface area contributed by atoms with Crippen molar-refractivity contribution in [2.24, 2.45) is 13.0 Å². The second-order valence-electron chi connectivity index (χ2n) is 7.11. The number of nitrogens with zero attached hydrogens (tertiary/aromatic N) is 3. The van der Waals surface area contributed by atoms with E-state index >= 15 is 0 Å². The average molecular weight is 380 g/mol. The smallest absolute Gasteiger partial charge is 0.274 e. The number of fused-ring (bicyclic) bond motifs is 2. The number of hydrogen-bond acceptors (Lipinski definition) is 4. The van der Waals surface area contributed by atoms with Crippen LogP contribution in [-0.2, 0) is 24.7 Å². The van der Waals surface area contributed by atoms with Crippen molar-refractivity contribution in [2.45, 2.75) is 31.6 Å². The summed E-state index contributed by atoms with van der Waals surface area (Å²) in [4.78, 5) is 33.7. The molecule has 0 spiro atoms. The zero-order valence-corrected chi connectivity index (χ0v) is 16.3. The molecule has 1 N–H and O–H groups in total. The van der Waals surface area contributed by atoms with E-state index in [9.17, 15) is 9.59 Å². The number of rotatable bonds is 4. The highest BCUT2D eigenvalue weighted by molar-refractivity contribution is 8.18. The first-order chi connectivity index (χ1) is 13.0. The van der Waals surface area contributed by atoms with E-state index in [4.69, 9.17) is 0 Å². The molecule has 6 nitrogen and oxygen atoms in total. The quantitative estimate of drug-likeness (QED) is 0.705. The summed E-state index contributed by atoms with van der Waals surface area (Å²) < 4.78 is 1.37. The predicted octanol–water partition coefficient (Wildman–Crippen LogP) is 3.15. The van der Waals surface area contributed by atoms with Crippen molar-refractivity contribution < 1.29 is 4.79 Å². The minimum absolute atomic E-state index is 0.166. The zero-order chi connectivity index (χ0) is 19.1. The molecule has 27 heavy (non-hydrogen) atoms. The largest absolute Gasteiger partial charge is 0.346 e. The lowest BCUT2D eigenvalue weighted by molar-refractivity contribution is 0.571. The second-order valence-corrected chi connectivity index (χ2v) is 8.82. The van der Waals surface area contributed by atoms with Gasteiger partial charge >= 0.3 is 0 Å². The number of pyridine rings is 1. The number of H-pyrrole nitrogens is 1. The van der Waals surface area contributed by atoms with Crippen LogP contribution in [0.4, 0.5) is 0 Å². The first-order valence-corrected chi connectivity index (χ1v) is 10.1.